The van der Waals surface area contributed by atoms with Crippen LogP contribution >= 0.6 is 0 Å². The lowest BCUT2D eigenvalue weighted by atomic mass is 9.81. The van der Waals surface area contributed by atoms with Gasteiger partial charge in [-0.3, -0.25) is 9.59 Å². The smallest absolute Gasteiger partial charge is 0.311 e. The number of nitrogens with zero attached hydrogens (tertiary/aromatic N) is 3. The number of aromatic nitrogens is 2. The molecule has 1 aromatic heterocycles. The van der Waals surface area contributed by atoms with E-state index in [2.05, 4.69) is 10.1 Å². The van der Waals surface area contributed by atoms with Crippen LogP contribution < -0.4 is 4.74 Å². The van der Waals surface area contributed by atoms with Crippen LogP contribution in [0.1, 0.15) is 31.6 Å². The third-order valence-corrected chi connectivity index (χ3v) is 6.02. The number of aliphatic carboxylic acids is 1. The quantitative estimate of drug-likeness (QED) is 0.814. The Hall–Kier alpha value is -2.90. The molecule has 2 heterocycles. The fourth-order valence-corrected chi connectivity index (χ4v) is 4.41. The van der Waals surface area contributed by atoms with Crippen molar-refractivity contribution >= 4 is 11.9 Å². The molecule has 8 heteroatoms. The summed E-state index contributed by atoms with van der Waals surface area (Å²) in [5.74, 6) is 0.842. The van der Waals surface area contributed by atoms with Gasteiger partial charge in [0.05, 0.1) is 12.5 Å². The second kappa shape index (κ2) is 7.26. The van der Waals surface area contributed by atoms with E-state index in [1.54, 1.807) is 12.0 Å². The summed E-state index contributed by atoms with van der Waals surface area (Å²) in [5.41, 5.74) is 0.0553. The largest absolute Gasteiger partial charge is 0.497 e. The molecular formula is C20H23N3O5. The Labute approximate surface area is 162 Å². The lowest BCUT2D eigenvalue weighted by Crippen LogP contribution is -2.37. The Morgan fingerprint density at radius 1 is 1.36 bits per heavy atom. The molecule has 0 spiro atoms. The molecule has 1 aliphatic heterocycles. The highest BCUT2D eigenvalue weighted by molar-refractivity contribution is 5.81. The van der Waals surface area contributed by atoms with Gasteiger partial charge in [0.2, 0.25) is 17.6 Å². The van der Waals surface area contributed by atoms with Crippen molar-refractivity contribution in [3.63, 3.8) is 0 Å². The zero-order valence-electron chi connectivity index (χ0n) is 15.8. The van der Waals surface area contributed by atoms with Crippen molar-refractivity contribution < 1.29 is 24.0 Å². The van der Waals surface area contributed by atoms with E-state index < -0.39 is 11.4 Å². The van der Waals surface area contributed by atoms with E-state index in [1.807, 2.05) is 24.3 Å². The minimum absolute atomic E-state index is 0.0563. The van der Waals surface area contributed by atoms with E-state index in [1.165, 1.54) is 0 Å². The summed E-state index contributed by atoms with van der Waals surface area (Å²) >= 11 is 0. The minimum atomic E-state index is -0.772. The molecule has 8 nitrogen and oxygen atoms in total. The predicted octanol–water partition coefficient (Wildman–Crippen LogP) is 2.39. The van der Waals surface area contributed by atoms with Crippen molar-refractivity contribution in [2.45, 2.75) is 32.1 Å². The van der Waals surface area contributed by atoms with Crippen LogP contribution in [-0.2, 0) is 16.0 Å². The number of benzene rings is 1. The molecule has 1 saturated heterocycles. The van der Waals surface area contributed by atoms with E-state index in [0.29, 0.717) is 37.6 Å². The maximum absolute atomic E-state index is 12.6. The number of fused-ring (bicyclic) bond motifs is 1. The number of likely N-dealkylation sites (tertiary alicyclic amines) is 1. The Kier molecular flexibility index (Phi) is 4.78. The summed E-state index contributed by atoms with van der Waals surface area (Å²) < 4.78 is 10.4. The summed E-state index contributed by atoms with van der Waals surface area (Å²) in [6, 6.07) is 7.31. The van der Waals surface area contributed by atoms with Gasteiger partial charge in [0, 0.05) is 31.5 Å². The molecule has 4 rings (SSSR count). The van der Waals surface area contributed by atoms with Crippen LogP contribution in [0.15, 0.2) is 28.8 Å². The van der Waals surface area contributed by atoms with E-state index in [0.717, 1.165) is 24.2 Å². The third kappa shape index (κ3) is 3.23. The van der Waals surface area contributed by atoms with Crippen LogP contribution in [-0.4, -0.2) is 52.2 Å². The average molecular weight is 385 g/mol. The zero-order valence-corrected chi connectivity index (χ0v) is 15.8. The maximum Gasteiger partial charge on any atom is 0.311 e. The SMILES string of the molecule is COc1ccc(-c2noc(CCC(=O)N3C[C@@H]4CCC[C@@]4(C(=O)O)C3)n2)cc1. The molecule has 1 aromatic carbocycles. The normalized spacial score (nSPS) is 23.6. The molecule has 0 unspecified atom stereocenters. The molecule has 2 aromatic rings. The standard InChI is InChI=1S/C20H23N3O5/c1-27-15-6-4-13(5-7-15)18-21-16(28-22-18)8-9-17(24)23-11-14-3-2-10-20(14,12-23)19(25)26/h4-7,14H,2-3,8-12H2,1H3,(H,25,26)/t14-,20+/m0/s1. The fourth-order valence-electron chi connectivity index (χ4n) is 4.41. The monoisotopic (exact) mass is 385 g/mol. The predicted molar refractivity (Wildman–Crippen MR) is 98.6 cm³/mol. The van der Waals surface area contributed by atoms with Gasteiger partial charge in [-0.2, -0.15) is 4.98 Å². The van der Waals surface area contributed by atoms with Crippen LogP contribution in [0.2, 0.25) is 0 Å². The number of rotatable bonds is 6. The Bertz CT molecular complexity index is 878. The van der Waals surface area contributed by atoms with Crippen LogP contribution in [0.25, 0.3) is 11.4 Å². The molecule has 2 fully saturated rings. The number of carboxylic acid groups (broad SMARTS) is 1. The minimum Gasteiger partial charge on any atom is -0.497 e. The molecule has 1 N–H and O–H groups in total. The van der Waals surface area contributed by atoms with Crippen molar-refractivity contribution in [3.05, 3.63) is 30.2 Å². The number of carbonyl (C=O) groups is 2. The molecule has 0 bridgehead atoms. The van der Waals surface area contributed by atoms with Crippen molar-refractivity contribution in [1.82, 2.24) is 15.0 Å². The number of methoxy groups -OCH3 is 1. The number of carboxylic acids is 1. The van der Waals surface area contributed by atoms with Gasteiger partial charge in [0.15, 0.2) is 0 Å². The van der Waals surface area contributed by atoms with Crippen LogP contribution in [0.4, 0.5) is 0 Å². The van der Waals surface area contributed by atoms with Gasteiger partial charge in [0.25, 0.3) is 0 Å². The Balaban J connectivity index is 1.35. The lowest BCUT2D eigenvalue weighted by Gasteiger charge is -2.23. The number of aryl methyl sites for hydroxylation is 1. The van der Waals surface area contributed by atoms with E-state index in [9.17, 15) is 14.7 Å². The molecule has 2 atom stereocenters. The molecule has 0 radical (unpaired) electrons. The summed E-state index contributed by atoms with van der Waals surface area (Å²) in [5, 5.41) is 13.6. The van der Waals surface area contributed by atoms with Crippen molar-refractivity contribution in [2.24, 2.45) is 11.3 Å². The van der Waals surface area contributed by atoms with E-state index in [4.69, 9.17) is 9.26 Å². The summed E-state index contributed by atoms with van der Waals surface area (Å²) in [6.07, 6.45) is 3.03. The summed E-state index contributed by atoms with van der Waals surface area (Å²) in [6.45, 7) is 0.846. The van der Waals surface area contributed by atoms with Gasteiger partial charge in [-0.1, -0.05) is 11.6 Å². The first-order valence-electron chi connectivity index (χ1n) is 9.50. The molecule has 148 valence electrons. The zero-order chi connectivity index (χ0) is 19.7. The van der Waals surface area contributed by atoms with Gasteiger partial charge >= 0.3 is 5.97 Å². The third-order valence-electron chi connectivity index (χ3n) is 6.02. The highest BCUT2D eigenvalue weighted by Crippen LogP contribution is 2.49. The van der Waals surface area contributed by atoms with Gasteiger partial charge in [-0.25, -0.2) is 0 Å². The van der Waals surface area contributed by atoms with Gasteiger partial charge in [0.1, 0.15) is 5.75 Å². The number of ether oxygens (including phenoxy) is 1. The number of hydrogen-bond donors (Lipinski definition) is 1. The highest BCUT2D eigenvalue weighted by atomic mass is 16.5. The van der Waals surface area contributed by atoms with Crippen molar-refractivity contribution in [3.8, 4) is 17.1 Å². The molecule has 1 saturated carbocycles. The van der Waals surface area contributed by atoms with Crippen molar-refractivity contribution in [2.75, 3.05) is 20.2 Å². The summed E-state index contributed by atoms with van der Waals surface area (Å²) in [7, 11) is 1.60. The first kappa shape index (κ1) is 18.5. The maximum atomic E-state index is 12.6. The number of carbonyl (C=O) groups excluding carboxylic acids is 1. The average Bonchev–Trinajstić information content (AvgIpc) is 3.40. The highest BCUT2D eigenvalue weighted by Gasteiger charge is 2.55. The molecular weight excluding hydrogens is 362 g/mol. The molecule has 1 amide bonds. The second-order valence-electron chi connectivity index (χ2n) is 7.56. The first-order chi connectivity index (χ1) is 13.5. The fraction of sp³-hybridized carbons (Fsp3) is 0.500. The molecule has 1 aliphatic carbocycles. The van der Waals surface area contributed by atoms with E-state index in [-0.39, 0.29) is 18.2 Å². The molecule has 28 heavy (non-hydrogen) atoms. The molecule has 2 aliphatic rings. The van der Waals surface area contributed by atoms with Crippen LogP contribution in [0.3, 0.4) is 0 Å². The number of hydrogen-bond acceptors (Lipinski definition) is 6. The Morgan fingerprint density at radius 2 is 2.14 bits per heavy atom. The lowest BCUT2D eigenvalue weighted by molar-refractivity contribution is -0.149. The van der Waals surface area contributed by atoms with Gasteiger partial charge in [-0.15, -0.1) is 0 Å². The number of amides is 1. The first-order valence-corrected chi connectivity index (χ1v) is 9.50. The van der Waals surface area contributed by atoms with Crippen molar-refractivity contribution in [1.29, 1.82) is 0 Å². The van der Waals surface area contributed by atoms with Crippen LogP contribution in [0, 0.1) is 11.3 Å². The Morgan fingerprint density at radius 3 is 2.82 bits per heavy atom. The van der Waals surface area contributed by atoms with Crippen LogP contribution in [0.5, 0.6) is 5.75 Å². The summed E-state index contributed by atoms with van der Waals surface area (Å²) in [4.78, 5) is 30.4. The van der Waals surface area contributed by atoms with Gasteiger partial charge in [-0.05, 0) is 43.0 Å². The van der Waals surface area contributed by atoms with E-state index >= 15 is 0 Å². The van der Waals surface area contributed by atoms with Gasteiger partial charge < -0.3 is 19.3 Å². The topological polar surface area (TPSA) is 106 Å². The second-order valence-corrected chi connectivity index (χ2v) is 7.56.